The molecule has 1 aliphatic carbocycles. The summed E-state index contributed by atoms with van der Waals surface area (Å²) >= 11 is 0. The summed E-state index contributed by atoms with van der Waals surface area (Å²) in [7, 11) is 1.71. The third-order valence-corrected chi connectivity index (χ3v) is 7.43. The maximum atomic E-state index is 10.2. The van der Waals surface area contributed by atoms with Crippen molar-refractivity contribution in [3.63, 3.8) is 0 Å². The average Bonchev–Trinajstić information content (AvgIpc) is 2.98. The van der Waals surface area contributed by atoms with E-state index >= 15 is 0 Å². The van der Waals surface area contributed by atoms with Gasteiger partial charge in [-0.3, -0.25) is 4.90 Å². The standard InChI is InChI=1S/C24H34N2O3/c1-28-20-7-6-18-17-26(14-5-13-25-11-3-2-4-12-25)15-10-24-9-8-19(27)16-21(24)29-23(20)22(18)24/h6-9,19,21,27H,2-5,10-17H2,1H3/t19-,21+,24+/m0/s1. The van der Waals surface area contributed by atoms with E-state index in [2.05, 4.69) is 28.0 Å². The van der Waals surface area contributed by atoms with Gasteiger partial charge in [-0.25, -0.2) is 0 Å². The lowest BCUT2D eigenvalue weighted by Gasteiger charge is -2.36. The van der Waals surface area contributed by atoms with Gasteiger partial charge in [-0.15, -0.1) is 0 Å². The van der Waals surface area contributed by atoms with Gasteiger partial charge >= 0.3 is 0 Å². The third-order valence-electron chi connectivity index (χ3n) is 7.43. The second kappa shape index (κ2) is 7.93. The molecule has 1 fully saturated rings. The molecule has 1 saturated heterocycles. The summed E-state index contributed by atoms with van der Waals surface area (Å²) in [4.78, 5) is 5.26. The highest BCUT2D eigenvalue weighted by Gasteiger charge is 2.52. The maximum Gasteiger partial charge on any atom is 0.166 e. The average molecular weight is 399 g/mol. The molecule has 0 saturated carbocycles. The number of likely N-dealkylation sites (tertiary alicyclic amines) is 1. The van der Waals surface area contributed by atoms with Crippen LogP contribution in [0.5, 0.6) is 11.5 Å². The number of hydrogen-bond acceptors (Lipinski definition) is 5. The Hall–Kier alpha value is -1.56. The molecule has 5 rings (SSSR count). The van der Waals surface area contributed by atoms with Crippen LogP contribution in [0.4, 0.5) is 0 Å². The van der Waals surface area contributed by atoms with Crippen molar-refractivity contribution >= 4 is 0 Å². The molecule has 1 aromatic carbocycles. The minimum Gasteiger partial charge on any atom is -0.493 e. The Kier molecular flexibility index (Phi) is 5.31. The maximum absolute atomic E-state index is 10.2. The van der Waals surface area contributed by atoms with Gasteiger partial charge in [-0.05, 0) is 70.0 Å². The first-order valence-corrected chi connectivity index (χ1v) is 11.4. The zero-order valence-electron chi connectivity index (χ0n) is 17.6. The summed E-state index contributed by atoms with van der Waals surface area (Å²) in [5.41, 5.74) is 2.54. The van der Waals surface area contributed by atoms with Crippen molar-refractivity contribution in [2.45, 2.75) is 62.7 Å². The summed E-state index contributed by atoms with van der Waals surface area (Å²) < 4.78 is 12.0. The Morgan fingerprint density at radius 3 is 2.79 bits per heavy atom. The van der Waals surface area contributed by atoms with Gasteiger partial charge in [-0.1, -0.05) is 24.6 Å². The number of piperidine rings is 1. The van der Waals surface area contributed by atoms with Crippen LogP contribution in [0.15, 0.2) is 24.3 Å². The molecule has 0 unspecified atom stereocenters. The van der Waals surface area contributed by atoms with E-state index in [9.17, 15) is 5.11 Å². The van der Waals surface area contributed by atoms with Gasteiger partial charge in [0.1, 0.15) is 6.10 Å². The smallest absolute Gasteiger partial charge is 0.166 e. The normalized spacial score (nSPS) is 31.7. The fourth-order valence-corrected chi connectivity index (χ4v) is 5.89. The number of methoxy groups -OCH3 is 1. The molecule has 0 aromatic heterocycles. The van der Waals surface area contributed by atoms with E-state index in [1.165, 1.54) is 56.4 Å². The molecule has 3 atom stereocenters. The zero-order chi connectivity index (χ0) is 19.8. The number of hydrogen-bond donors (Lipinski definition) is 1. The molecular weight excluding hydrogens is 364 g/mol. The van der Waals surface area contributed by atoms with Crippen LogP contribution in [0.25, 0.3) is 0 Å². The molecule has 1 spiro atoms. The van der Waals surface area contributed by atoms with Crippen LogP contribution in [-0.2, 0) is 12.0 Å². The summed E-state index contributed by atoms with van der Waals surface area (Å²) in [6.07, 6.45) is 10.9. The highest BCUT2D eigenvalue weighted by molar-refractivity contribution is 5.60. The molecule has 3 heterocycles. The predicted molar refractivity (Wildman–Crippen MR) is 114 cm³/mol. The summed E-state index contributed by atoms with van der Waals surface area (Å²) in [6, 6.07) is 4.28. The van der Waals surface area contributed by atoms with E-state index in [1.807, 2.05) is 6.08 Å². The highest BCUT2D eigenvalue weighted by Crippen LogP contribution is 2.55. The van der Waals surface area contributed by atoms with Gasteiger partial charge in [0.25, 0.3) is 0 Å². The van der Waals surface area contributed by atoms with Crippen LogP contribution in [0.1, 0.15) is 49.7 Å². The SMILES string of the molecule is COc1ccc2c3c1O[C@@H]1C[C@@H](O)C=C[C@]31CCN(CCCN1CCCCC1)C2. The molecule has 0 amide bonds. The lowest BCUT2D eigenvalue weighted by molar-refractivity contribution is 0.0807. The van der Waals surface area contributed by atoms with Crippen LogP contribution < -0.4 is 9.47 Å². The number of aliphatic hydroxyl groups excluding tert-OH is 1. The van der Waals surface area contributed by atoms with Gasteiger partial charge < -0.3 is 19.5 Å². The number of aliphatic hydroxyl groups is 1. The van der Waals surface area contributed by atoms with Crippen LogP contribution in [-0.4, -0.2) is 66.9 Å². The Bertz CT molecular complexity index is 774. The van der Waals surface area contributed by atoms with Crippen molar-refractivity contribution in [2.75, 3.05) is 39.8 Å². The summed E-state index contributed by atoms with van der Waals surface area (Å²) in [6.45, 7) is 6.96. The molecule has 29 heavy (non-hydrogen) atoms. The number of benzene rings is 1. The van der Waals surface area contributed by atoms with E-state index in [1.54, 1.807) is 7.11 Å². The molecule has 158 valence electrons. The van der Waals surface area contributed by atoms with Crippen molar-refractivity contribution in [2.24, 2.45) is 0 Å². The minimum absolute atomic E-state index is 0.000787. The largest absolute Gasteiger partial charge is 0.493 e. The molecule has 5 nitrogen and oxygen atoms in total. The van der Waals surface area contributed by atoms with Crippen LogP contribution >= 0.6 is 0 Å². The molecular formula is C24H34N2O3. The quantitative estimate of drug-likeness (QED) is 0.773. The van der Waals surface area contributed by atoms with Crippen molar-refractivity contribution in [1.82, 2.24) is 9.80 Å². The Morgan fingerprint density at radius 2 is 1.97 bits per heavy atom. The second-order valence-corrected chi connectivity index (χ2v) is 9.22. The van der Waals surface area contributed by atoms with E-state index in [-0.39, 0.29) is 11.5 Å². The van der Waals surface area contributed by atoms with Crippen molar-refractivity contribution in [3.05, 3.63) is 35.4 Å². The highest BCUT2D eigenvalue weighted by atomic mass is 16.5. The molecule has 1 N–H and O–H groups in total. The summed E-state index contributed by atoms with van der Waals surface area (Å²) in [5, 5.41) is 10.2. The van der Waals surface area contributed by atoms with Gasteiger partial charge in [0.05, 0.1) is 18.6 Å². The van der Waals surface area contributed by atoms with E-state index in [4.69, 9.17) is 9.47 Å². The lowest BCUT2D eigenvalue weighted by atomic mass is 9.69. The predicted octanol–water partition coefficient (Wildman–Crippen LogP) is 3.10. The van der Waals surface area contributed by atoms with Gasteiger partial charge in [0.15, 0.2) is 11.5 Å². The number of ether oxygens (including phenoxy) is 2. The fraction of sp³-hybridized carbons (Fsp3) is 0.667. The van der Waals surface area contributed by atoms with Crippen molar-refractivity contribution in [3.8, 4) is 11.5 Å². The number of rotatable bonds is 5. The molecule has 1 aromatic rings. The molecule has 4 aliphatic rings. The van der Waals surface area contributed by atoms with Crippen LogP contribution in [0.2, 0.25) is 0 Å². The molecule has 0 bridgehead atoms. The van der Waals surface area contributed by atoms with E-state index < -0.39 is 6.10 Å². The van der Waals surface area contributed by atoms with Crippen molar-refractivity contribution < 1.29 is 14.6 Å². The summed E-state index contributed by atoms with van der Waals surface area (Å²) in [5.74, 6) is 1.72. The first-order chi connectivity index (χ1) is 14.2. The topological polar surface area (TPSA) is 45.2 Å². The van der Waals surface area contributed by atoms with Gasteiger partial charge in [0, 0.05) is 18.5 Å². The fourth-order valence-electron chi connectivity index (χ4n) is 5.89. The van der Waals surface area contributed by atoms with Crippen LogP contribution in [0.3, 0.4) is 0 Å². The first kappa shape index (κ1) is 19.4. The van der Waals surface area contributed by atoms with E-state index in [0.29, 0.717) is 6.42 Å². The Labute approximate surface area is 174 Å². The first-order valence-electron chi connectivity index (χ1n) is 11.4. The molecule has 5 heteroatoms. The Morgan fingerprint density at radius 1 is 1.14 bits per heavy atom. The van der Waals surface area contributed by atoms with E-state index in [0.717, 1.165) is 37.6 Å². The van der Waals surface area contributed by atoms with Crippen molar-refractivity contribution in [1.29, 1.82) is 0 Å². The number of nitrogens with zero attached hydrogens (tertiary/aromatic N) is 2. The molecule has 3 aliphatic heterocycles. The molecule has 0 radical (unpaired) electrons. The Balaban J connectivity index is 1.37. The minimum atomic E-state index is -0.418. The second-order valence-electron chi connectivity index (χ2n) is 9.22. The van der Waals surface area contributed by atoms with Gasteiger partial charge in [-0.2, -0.15) is 0 Å². The lowest BCUT2D eigenvalue weighted by Crippen LogP contribution is -2.43. The monoisotopic (exact) mass is 398 g/mol. The zero-order valence-corrected chi connectivity index (χ0v) is 17.6. The van der Waals surface area contributed by atoms with Gasteiger partial charge in [0.2, 0.25) is 0 Å². The van der Waals surface area contributed by atoms with Crippen LogP contribution in [0, 0.1) is 0 Å². The third kappa shape index (κ3) is 3.47.